The third-order valence-electron chi connectivity index (χ3n) is 2.51. The predicted molar refractivity (Wildman–Crippen MR) is 66.3 cm³/mol. The van der Waals surface area contributed by atoms with Gasteiger partial charge in [0.1, 0.15) is 0 Å². The minimum absolute atomic E-state index is 0.900. The zero-order chi connectivity index (χ0) is 11.8. The van der Waals surface area contributed by atoms with Crippen LogP contribution in [0, 0.1) is 0 Å². The van der Waals surface area contributed by atoms with Gasteiger partial charge in [-0.2, -0.15) is 0 Å². The fraction of sp³-hybridized carbons (Fsp3) is 0.357. The Labute approximate surface area is 96.6 Å². The number of aryl methyl sites for hydroxylation is 1. The van der Waals surface area contributed by atoms with Crippen molar-refractivity contribution in [1.29, 1.82) is 0 Å². The molecule has 0 atom stereocenters. The third-order valence-corrected chi connectivity index (χ3v) is 2.51. The van der Waals surface area contributed by atoms with Crippen LogP contribution in [0.2, 0.25) is 0 Å². The van der Waals surface area contributed by atoms with E-state index in [9.17, 15) is 4.79 Å². The molecule has 1 rings (SSSR count). The van der Waals surface area contributed by atoms with Crippen LogP contribution in [0.25, 0.3) is 6.08 Å². The summed E-state index contributed by atoms with van der Waals surface area (Å²) in [7, 11) is 0. The number of unbranched alkanes of at least 4 members (excludes halogenated alkanes) is 2. The Morgan fingerprint density at radius 1 is 1.31 bits per heavy atom. The fourth-order valence-electron chi connectivity index (χ4n) is 1.65. The summed E-state index contributed by atoms with van der Waals surface area (Å²) in [6.45, 7) is 2.18. The van der Waals surface area contributed by atoms with Gasteiger partial charge in [-0.25, -0.2) is 4.79 Å². The average molecular weight is 218 g/mol. The summed E-state index contributed by atoms with van der Waals surface area (Å²) in [5, 5.41) is 8.59. The van der Waals surface area contributed by atoms with Crippen molar-refractivity contribution in [3.05, 3.63) is 41.5 Å². The number of hydrogen-bond acceptors (Lipinski definition) is 1. The molecule has 1 N–H and O–H groups in total. The summed E-state index contributed by atoms with van der Waals surface area (Å²) < 4.78 is 0. The molecular formula is C14H18O2. The van der Waals surface area contributed by atoms with Crippen LogP contribution in [-0.2, 0) is 11.2 Å². The minimum Gasteiger partial charge on any atom is -0.478 e. The summed E-state index contributed by atoms with van der Waals surface area (Å²) in [6.07, 6.45) is 7.47. The lowest BCUT2D eigenvalue weighted by Crippen LogP contribution is -1.91. The lowest BCUT2D eigenvalue weighted by atomic mass is 10.0. The predicted octanol–water partition coefficient (Wildman–Crippen LogP) is 3.52. The van der Waals surface area contributed by atoms with Crippen LogP contribution in [0.4, 0.5) is 0 Å². The minimum atomic E-state index is -0.900. The molecule has 0 amide bonds. The highest BCUT2D eigenvalue weighted by Crippen LogP contribution is 2.14. The zero-order valence-electron chi connectivity index (χ0n) is 9.65. The van der Waals surface area contributed by atoms with Gasteiger partial charge in [-0.15, -0.1) is 0 Å². The topological polar surface area (TPSA) is 37.3 Å². The molecule has 2 heteroatoms. The summed E-state index contributed by atoms with van der Waals surface area (Å²) in [4.78, 5) is 10.5. The van der Waals surface area contributed by atoms with Crippen LogP contribution in [0.15, 0.2) is 30.3 Å². The van der Waals surface area contributed by atoms with Gasteiger partial charge in [-0.05, 0) is 30.0 Å². The number of benzene rings is 1. The molecule has 0 fully saturated rings. The van der Waals surface area contributed by atoms with E-state index < -0.39 is 5.97 Å². The molecule has 1 aromatic carbocycles. The Hall–Kier alpha value is -1.57. The molecule has 0 saturated carbocycles. The van der Waals surface area contributed by atoms with Gasteiger partial charge in [0.15, 0.2) is 0 Å². The van der Waals surface area contributed by atoms with Crippen molar-refractivity contribution in [2.75, 3.05) is 0 Å². The molecule has 2 nitrogen and oxygen atoms in total. The van der Waals surface area contributed by atoms with Crippen LogP contribution in [0.1, 0.15) is 37.3 Å². The molecule has 16 heavy (non-hydrogen) atoms. The molecule has 1 aromatic rings. The van der Waals surface area contributed by atoms with Crippen molar-refractivity contribution in [2.24, 2.45) is 0 Å². The van der Waals surface area contributed by atoms with Gasteiger partial charge in [0.25, 0.3) is 0 Å². The SMILES string of the molecule is CCCCCc1ccccc1/C=C/C(=O)O. The number of hydrogen-bond donors (Lipinski definition) is 1. The first kappa shape index (κ1) is 12.5. The second-order valence-corrected chi connectivity index (χ2v) is 3.83. The van der Waals surface area contributed by atoms with E-state index in [-0.39, 0.29) is 0 Å². The number of carbonyl (C=O) groups is 1. The van der Waals surface area contributed by atoms with E-state index in [1.54, 1.807) is 6.08 Å². The number of carboxylic acid groups (broad SMARTS) is 1. The van der Waals surface area contributed by atoms with Gasteiger partial charge in [0.2, 0.25) is 0 Å². The van der Waals surface area contributed by atoms with Crippen molar-refractivity contribution in [2.45, 2.75) is 32.6 Å². The van der Waals surface area contributed by atoms with Crippen molar-refractivity contribution < 1.29 is 9.90 Å². The second-order valence-electron chi connectivity index (χ2n) is 3.83. The smallest absolute Gasteiger partial charge is 0.328 e. The maximum absolute atomic E-state index is 10.5. The quantitative estimate of drug-likeness (QED) is 0.586. The Morgan fingerprint density at radius 2 is 2.06 bits per heavy atom. The first-order valence-corrected chi connectivity index (χ1v) is 5.73. The summed E-state index contributed by atoms with van der Waals surface area (Å²) >= 11 is 0. The fourth-order valence-corrected chi connectivity index (χ4v) is 1.65. The van der Waals surface area contributed by atoms with Crippen molar-refractivity contribution >= 4 is 12.0 Å². The molecule has 0 aliphatic heterocycles. The van der Waals surface area contributed by atoms with Crippen LogP contribution >= 0.6 is 0 Å². The monoisotopic (exact) mass is 218 g/mol. The summed E-state index contributed by atoms with van der Waals surface area (Å²) in [6, 6.07) is 7.96. The van der Waals surface area contributed by atoms with E-state index in [4.69, 9.17) is 5.11 Å². The van der Waals surface area contributed by atoms with Crippen molar-refractivity contribution in [1.82, 2.24) is 0 Å². The second kappa shape index (κ2) is 6.83. The molecule has 0 aliphatic rings. The molecule has 0 unspecified atom stereocenters. The largest absolute Gasteiger partial charge is 0.478 e. The molecule has 0 aromatic heterocycles. The van der Waals surface area contributed by atoms with Crippen molar-refractivity contribution in [3.8, 4) is 0 Å². The first-order chi connectivity index (χ1) is 7.74. The summed E-state index contributed by atoms with van der Waals surface area (Å²) in [5.41, 5.74) is 2.24. The standard InChI is InChI=1S/C14H18O2/c1-2-3-4-7-12-8-5-6-9-13(12)10-11-14(15)16/h5-6,8-11H,2-4,7H2,1H3,(H,15,16)/b11-10+. The number of rotatable bonds is 6. The molecule has 86 valence electrons. The van der Waals surface area contributed by atoms with E-state index in [2.05, 4.69) is 13.0 Å². The van der Waals surface area contributed by atoms with Crippen LogP contribution < -0.4 is 0 Å². The maximum atomic E-state index is 10.5. The van der Waals surface area contributed by atoms with Crippen LogP contribution in [0.5, 0.6) is 0 Å². The van der Waals surface area contributed by atoms with E-state index >= 15 is 0 Å². The summed E-state index contributed by atoms with van der Waals surface area (Å²) in [5.74, 6) is -0.900. The molecule has 0 radical (unpaired) electrons. The molecule has 0 aliphatic carbocycles. The van der Waals surface area contributed by atoms with Gasteiger partial charge in [0.05, 0.1) is 0 Å². The highest BCUT2D eigenvalue weighted by molar-refractivity contribution is 5.85. The molecule has 0 saturated heterocycles. The highest BCUT2D eigenvalue weighted by Gasteiger charge is 1.98. The van der Waals surface area contributed by atoms with E-state index in [1.165, 1.54) is 24.5 Å². The Balaban J connectivity index is 2.71. The normalized spacial score (nSPS) is 10.8. The zero-order valence-corrected chi connectivity index (χ0v) is 9.65. The lowest BCUT2D eigenvalue weighted by molar-refractivity contribution is -0.131. The van der Waals surface area contributed by atoms with Gasteiger partial charge >= 0.3 is 5.97 Å². The van der Waals surface area contributed by atoms with Crippen LogP contribution in [0.3, 0.4) is 0 Å². The van der Waals surface area contributed by atoms with E-state index in [1.807, 2.05) is 18.2 Å². The molecule has 0 spiro atoms. The maximum Gasteiger partial charge on any atom is 0.328 e. The molecular weight excluding hydrogens is 200 g/mol. The van der Waals surface area contributed by atoms with Gasteiger partial charge in [-0.1, -0.05) is 44.0 Å². The van der Waals surface area contributed by atoms with Crippen LogP contribution in [-0.4, -0.2) is 11.1 Å². The molecule has 0 heterocycles. The Morgan fingerprint density at radius 3 is 2.75 bits per heavy atom. The lowest BCUT2D eigenvalue weighted by Gasteiger charge is -2.04. The average Bonchev–Trinajstić information content (AvgIpc) is 2.28. The Kier molecular flexibility index (Phi) is 5.34. The number of aliphatic carboxylic acids is 1. The van der Waals surface area contributed by atoms with Gasteiger partial charge < -0.3 is 5.11 Å². The highest BCUT2D eigenvalue weighted by atomic mass is 16.4. The van der Waals surface area contributed by atoms with E-state index in [0.717, 1.165) is 18.4 Å². The van der Waals surface area contributed by atoms with Crippen molar-refractivity contribution in [3.63, 3.8) is 0 Å². The first-order valence-electron chi connectivity index (χ1n) is 5.73. The molecule has 0 bridgehead atoms. The van der Waals surface area contributed by atoms with Gasteiger partial charge in [0, 0.05) is 6.08 Å². The van der Waals surface area contributed by atoms with E-state index in [0.29, 0.717) is 0 Å². The van der Waals surface area contributed by atoms with Gasteiger partial charge in [-0.3, -0.25) is 0 Å². The Bertz CT molecular complexity index is 367. The number of carboxylic acids is 1. The third kappa shape index (κ3) is 4.30.